The molecule has 4 heteroatoms. The molecule has 2 unspecified atom stereocenters. The van der Waals surface area contributed by atoms with Crippen LogP contribution in [0.2, 0.25) is 0 Å². The van der Waals surface area contributed by atoms with E-state index >= 15 is 0 Å². The van der Waals surface area contributed by atoms with Gasteiger partial charge in [0.25, 0.3) is 0 Å². The molecule has 1 aliphatic rings. The van der Waals surface area contributed by atoms with E-state index in [0.717, 1.165) is 17.4 Å². The molecule has 0 spiro atoms. The topological polar surface area (TPSA) is 17.1 Å². The normalized spacial score (nSPS) is 22.6. The Balaban J connectivity index is 2.23. The molecule has 0 bridgehead atoms. The molecule has 1 aromatic carbocycles. The summed E-state index contributed by atoms with van der Waals surface area (Å²) < 4.78 is 38.3. The van der Waals surface area contributed by atoms with Crippen molar-refractivity contribution in [3.8, 4) is 0 Å². The average Bonchev–Trinajstić information content (AvgIpc) is 2.28. The van der Waals surface area contributed by atoms with Crippen LogP contribution in [-0.2, 0) is 23.6 Å². The molecule has 1 nitrogen and oxygen atoms in total. The van der Waals surface area contributed by atoms with Crippen LogP contribution in [0.5, 0.6) is 0 Å². The Bertz CT molecular complexity index is 417. The van der Waals surface area contributed by atoms with Crippen LogP contribution in [0.25, 0.3) is 0 Å². The number of aryl methyl sites for hydroxylation is 1. The van der Waals surface area contributed by atoms with Gasteiger partial charge in [0, 0.05) is 12.2 Å². The van der Waals surface area contributed by atoms with E-state index in [1.54, 1.807) is 0 Å². The average molecular weight is 244 g/mol. The predicted octanol–water partition coefficient (Wildman–Crippen LogP) is 2.76. The minimum atomic E-state index is -3.06. The second kappa shape index (κ2) is 4.24. The molecular weight excluding hydrogens is 230 g/mol. The summed E-state index contributed by atoms with van der Waals surface area (Å²) in [5.74, 6) is -0.784. The van der Waals surface area contributed by atoms with Gasteiger partial charge < -0.3 is 0 Å². The molecule has 0 radical (unpaired) electrons. The van der Waals surface area contributed by atoms with Crippen LogP contribution in [0.1, 0.15) is 17.5 Å². The maximum absolute atomic E-state index is 13.6. The first-order valence-electron chi connectivity index (χ1n) is 5.30. The first kappa shape index (κ1) is 11.7. The fourth-order valence-electron chi connectivity index (χ4n) is 2.22. The molecule has 0 aliphatic heterocycles. The molecule has 1 aliphatic carbocycles. The van der Waals surface area contributed by atoms with E-state index in [1.165, 1.54) is 0 Å². The molecule has 16 heavy (non-hydrogen) atoms. The van der Waals surface area contributed by atoms with Crippen molar-refractivity contribution in [1.29, 1.82) is 0 Å². The Kier molecular flexibility index (Phi) is 3.10. The van der Waals surface area contributed by atoms with Gasteiger partial charge >= 0.3 is 5.25 Å². The summed E-state index contributed by atoms with van der Waals surface area (Å²) in [6.45, 7) is 0. The highest BCUT2D eigenvalue weighted by atomic mass is 32.2. The Morgan fingerprint density at radius 1 is 1.31 bits per heavy atom. The van der Waals surface area contributed by atoms with Crippen LogP contribution < -0.4 is 0 Å². The lowest BCUT2D eigenvalue weighted by molar-refractivity contribution is 0.0257. The SMILES string of the molecule is CS(=O)C(F)(F)C1CCc2ccccc2C1. The molecule has 0 heterocycles. The molecule has 0 N–H and O–H groups in total. The van der Waals surface area contributed by atoms with E-state index in [1.807, 2.05) is 24.3 Å². The van der Waals surface area contributed by atoms with E-state index in [9.17, 15) is 13.0 Å². The van der Waals surface area contributed by atoms with Crippen molar-refractivity contribution in [3.05, 3.63) is 35.4 Å². The van der Waals surface area contributed by atoms with Gasteiger partial charge in [0.15, 0.2) is 0 Å². The lowest BCUT2D eigenvalue weighted by atomic mass is 9.84. The zero-order valence-electron chi connectivity index (χ0n) is 9.08. The highest BCUT2D eigenvalue weighted by Gasteiger charge is 2.44. The molecule has 0 saturated heterocycles. The number of alkyl halides is 2. The van der Waals surface area contributed by atoms with Gasteiger partial charge in [-0.25, -0.2) is 0 Å². The van der Waals surface area contributed by atoms with E-state index in [2.05, 4.69) is 0 Å². The Morgan fingerprint density at radius 3 is 2.56 bits per heavy atom. The second-order valence-corrected chi connectivity index (χ2v) is 5.68. The van der Waals surface area contributed by atoms with Gasteiger partial charge in [0.1, 0.15) is 0 Å². The molecule has 0 fully saturated rings. The van der Waals surface area contributed by atoms with E-state index in [-0.39, 0.29) is 0 Å². The van der Waals surface area contributed by atoms with Crippen LogP contribution in [-0.4, -0.2) is 15.7 Å². The molecule has 1 aromatic rings. The molecule has 2 atom stereocenters. The minimum absolute atomic E-state index is 0.336. The summed E-state index contributed by atoms with van der Waals surface area (Å²) >= 11 is 0. The third-order valence-corrected chi connectivity index (χ3v) is 4.31. The van der Waals surface area contributed by atoms with Crippen molar-refractivity contribution in [1.82, 2.24) is 0 Å². The van der Waals surface area contributed by atoms with E-state index in [0.29, 0.717) is 19.3 Å². The maximum Gasteiger partial charge on any atom is 0.323 e. The summed E-state index contributed by atoms with van der Waals surface area (Å²) in [6, 6.07) is 7.65. The summed E-state index contributed by atoms with van der Waals surface area (Å²) in [5, 5.41) is -3.06. The minimum Gasteiger partial charge on any atom is -0.254 e. The van der Waals surface area contributed by atoms with Crippen molar-refractivity contribution in [2.75, 3.05) is 6.26 Å². The lowest BCUT2D eigenvalue weighted by Gasteiger charge is -2.29. The monoisotopic (exact) mass is 244 g/mol. The molecule has 0 saturated carbocycles. The molecule has 88 valence electrons. The summed E-state index contributed by atoms with van der Waals surface area (Å²) in [7, 11) is -2.08. The Labute approximate surface area is 96.3 Å². The molecule has 0 aromatic heterocycles. The Hall–Kier alpha value is -0.770. The highest BCUT2D eigenvalue weighted by molar-refractivity contribution is 7.85. The van der Waals surface area contributed by atoms with Gasteiger partial charge in [0.05, 0.1) is 10.8 Å². The number of hydrogen-bond acceptors (Lipinski definition) is 1. The fourth-order valence-corrected chi connectivity index (χ4v) is 2.89. The summed E-state index contributed by atoms with van der Waals surface area (Å²) in [4.78, 5) is 0. The number of fused-ring (bicyclic) bond motifs is 1. The molecule has 0 amide bonds. The van der Waals surface area contributed by atoms with Crippen molar-refractivity contribution in [2.24, 2.45) is 5.92 Å². The highest BCUT2D eigenvalue weighted by Crippen LogP contribution is 2.37. The van der Waals surface area contributed by atoms with Crippen LogP contribution in [0, 0.1) is 5.92 Å². The number of benzene rings is 1. The van der Waals surface area contributed by atoms with Crippen molar-refractivity contribution in [3.63, 3.8) is 0 Å². The standard InChI is InChI=1S/C12H14F2OS/c1-16(15)12(13,14)11-7-6-9-4-2-3-5-10(9)8-11/h2-5,11H,6-8H2,1H3. The molecule has 2 rings (SSSR count). The third kappa shape index (κ3) is 2.03. The zero-order valence-corrected chi connectivity index (χ0v) is 9.90. The van der Waals surface area contributed by atoms with Crippen molar-refractivity contribution >= 4 is 10.8 Å². The van der Waals surface area contributed by atoms with Crippen molar-refractivity contribution in [2.45, 2.75) is 24.5 Å². The number of rotatable bonds is 2. The van der Waals surface area contributed by atoms with Gasteiger partial charge in [-0.2, -0.15) is 8.78 Å². The number of halogens is 2. The van der Waals surface area contributed by atoms with Gasteiger partial charge in [-0.05, 0) is 30.4 Å². The van der Waals surface area contributed by atoms with Crippen LogP contribution in [0.4, 0.5) is 8.78 Å². The van der Waals surface area contributed by atoms with Crippen LogP contribution in [0.3, 0.4) is 0 Å². The first-order valence-corrected chi connectivity index (χ1v) is 6.85. The van der Waals surface area contributed by atoms with Gasteiger partial charge in [-0.1, -0.05) is 24.3 Å². The van der Waals surface area contributed by atoms with Crippen LogP contribution in [0.15, 0.2) is 24.3 Å². The van der Waals surface area contributed by atoms with E-state index in [4.69, 9.17) is 0 Å². The quantitative estimate of drug-likeness (QED) is 0.782. The second-order valence-electron chi connectivity index (χ2n) is 4.22. The Morgan fingerprint density at radius 2 is 1.94 bits per heavy atom. The number of hydrogen-bond donors (Lipinski definition) is 0. The van der Waals surface area contributed by atoms with Gasteiger partial charge in [0.2, 0.25) is 0 Å². The zero-order chi connectivity index (χ0) is 11.8. The largest absolute Gasteiger partial charge is 0.323 e. The van der Waals surface area contributed by atoms with Gasteiger partial charge in [-0.15, -0.1) is 0 Å². The maximum atomic E-state index is 13.6. The van der Waals surface area contributed by atoms with Crippen LogP contribution >= 0.6 is 0 Å². The summed E-state index contributed by atoms with van der Waals surface area (Å²) in [5.41, 5.74) is 2.13. The van der Waals surface area contributed by atoms with Crippen molar-refractivity contribution < 1.29 is 13.0 Å². The third-order valence-electron chi connectivity index (χ3n) is 3.21. The predicted molar refractivity (Wildman–Crippen MR) is 61.0 cm³/mol. The van der Waals surface area contributed by atoms with E-state index < -0.39 is 22.0 Å². The smallest absolute Gasteiger partial charge is 0.254 e. The van der Waals surface area contributed by atoms with Gasteiger partial charge in [-0.3, -0.25) is 4.21 Å². The first-order chi connectivity index (χ1) is 7.51. The lowest BCUT2D eigenvalue weighted by Crippen LogP contribution is -2.36. The summed E-state index contributed by atoms with van der Waals surface area (Å²) in [6.07, 6.45) is 2.50. The molecular formula is C12H14F2OS. The fraction of sp³-hybridized carbons (Fsp3) is 0.500.